The van der Waals surface area contributed by atoms with Gasteiger partial charge in [0.1, 0.15) is 0 Å². The van der Waals surface area contributed by atoms with Crippen LogP contribution in [0.15, 0.2) is 11.6 Å². The van der Waals surface area contributed by atoms with Gasteiger partial charge in [-0.1, -0.05) is 23.4 Å². The molecule has 0 aromatic carbocycles. The second kappa shape index (κ2) is 9.15. The first-order chi connectivity index (χ1) is 6.31. The molecule has 0 bridgehead atoms. The largest absolute Gasteiger partial charge is 0.466 e. The van der Waals surface area contributed by atoms with Crippen LogP contribution in [0.25, 0.3) is 0 Å². The second-order valence-corrected chi connectivity index (χ2v) is 2.52. The van der Waals surface area contributed by atoms with Crippen molar-refractivity contribution in [1.29, 1.82) is 0 Å². The minimum Gasteiger partial charge on any atom is -0.466 e. The molecule has 0 fully saturated rings. The van der Waals surface area contributed by atoms with Crippen LogP contribution in [0.5, 0.6) is 0 Å². The zero-order chi connectivity index (χ0) is 9.94. The SMILES string of the molecule is CCOC(=O)CCCC#C/C=C/Cl. The summed E-state index contributed by atoms with van der Waals surface area (Å²) in [6.07, 6.45) is 3.43. The molecule has 0 saturated heterocycles. The number of unbranched alkanes of at least 4 members (excludes halogenated alkanes) is 1. The molecule has 0 radical (unpaired) electrons. The minimum absolute atomic E-state index is 0.155. The molecule has 0 spiro atoms. The Morgan fingerprint density at radius 2 is 2.38 bits per heavy atom. The number of esters is 1. The highest BCUT2D eigenvalue weighted by Gasteiger charge is 1.98. The van der Waals surface area contributed by atoms with Crippen molar-refractivity contribution in [2.24, 2.45) is 0 Å². The van der Waals surface area contributed by atoms with Crippen molar-refractivity contribution in [3.63, 3.8) is 0 Å². The predicted molar refractivity (Wildman–Crippen MR) is 53.3 cm³/mol. The van der Waals surface area contributed by atoms with Gasteiger partial charge in [0.05, 0.1) is 6.61 Å². The quantitative estimate of drug-likeness (QED) is 0.396. The van der Waals surface area contributed by atoms with Gasteiger partial charge in [-0.15, -0.1) is 0 Å². The van der Waals surface area contributed by atoms with Gasteiger partial charge in [0, 0.05) is 18.4 Å². The molecule has 3 heteroatoms. The third kappa shape index (κ3) is 8.97. The third-order valence-electron chi connectivity index (χ3n) is 1.24. The van der Waals surface area contributed by atoms with Gasteiger partial charge in [-0.2, -0.15) is 0 Å². The molecule has 0 unspecified atom stereocenters. The Kier molecular flexibility index (Phi) is 8.49. The number of carbonyl (C=O) groups is 1. The summed E-state index contributed by atoms with van der Waals surface area (Å²) in [6, 6.07) is 0. The lowest BCUT2D eigenvalue weighted by Crippen LogP contribution is -2.02. The smallest absolute Gasteiger partial charge is 0.305 e. The number of rotatable bonds is 4. The molecule has 0 aromatic heterocycles. The number of hydrogen-bond acceptors (Lipinski definition) is 2. The van der Waals surface area contributed by atoms with E-state index in [4.69, 9.17) is 16.3 Å². The summed E-state index contributed by atoms with van der Waals surface area (Å²) in [6.45, 7) is 2.24. The van der Waals surface area contributed by atoms with Crippen LogP contribution in [0.1, 0.15) is 26.2 Å². The first-order valence-electron chi connectivity index (χ1n) is 4.20. The van der Waals surface area contributed by atoms with Crippen molar-refractivity contribution < 1.29 is 9.53 Å². The summed E-state index contributed by atoms with van der Waals surface area (Å²) in [5.74, 6) is 5.43. The van der Waals surface area contributed by atoms with E-state index in [9.17, 15) is 4.79 Å². The molecule has 0 saturated carbocycles. The lowest BCUT2D eigenvalue weighted by atomic mass is 10.2. The van der Waals surface area contributed by atoms with E-state index < -0.39 is 0 Å². The van der Waals surface area contributed by atoms with E-state index in [0.717, 1.165) is 6.42 Å². The van der Waals surface area contributed by atoms with Crippen molar-refractivity contribution in [1.82, 2.24) is 0 Å². The number of halogens is 1. The Hall–Kier alpha value is -0.940. The molecular weight excluding hydrogens is 188 g/mol. The average molecular weight is 201 g/mol. The van der Waals surface area contributed by atoms with Gasteiger partial charge in [0.2, 0.25) is 0 Å². The fourth-order valence-electron chi connectivity index (χ4n) is 0.717. The maximum Gasteiger partial charge on any atom is 0.305 e. The highest BCUT2D eigenvalue weighted by atomic mass is 35.5. The minimum atomic E-state index is -0.155. The second-order valence-electron chi connectivity index (χ2n) is 2.27. The molecule has 0 rings (SSSR count). The normalized spacial score (nSPS) is 9.38. The highest BCUT2D eigenvalue weighted by Crippen LogP contribution is 1.96. The molecule has 0 aliphatic carbocycles. The third-order valence-corrected chi connectivity index (χ3v) is 1.36. The Bertz CT molecular complexity index is 223. The molecule has 2 nitrogen and oxygen atoms in total. The van der Waals surface area contributed by atoms with Crippen LogP contribution >= 0.6 is 11.6 Å². The summed E-state index contributed by atoms with van der Waals surface area (Å²) < 4.78 is 4.75. The fraction of sp³-hybridized carbons (Fsp3) is 0.500. The monoisotopic (exact) mass is 200 g/mol. The van der Waals surface area contributed by atoms with E-state index in [2.05, 4.69) is 11.8 Å². The zero-order valence-corrected chi connectivity index (χ0v) is 8.43. The van der Waals surface area contributed by atoms with E-state index >= 15 is 0 Å². The summed E-state index contributed by atoms with van der Waals surface area (Å²) in [7, 11) is 0. The van der Waals surface area contributed by atoms with Crippen LogP contribution in [0, 0.1) is 11.8 Å². The molecule has 72 valence electrons. The summed E-state index contributed by atoms with van der Waals surface area (Å²) in [5.41, 5.74) is 1.36. The van der Waals surface area contributed by atoms with Gasteiger partial charge >= 0.3 is 5.97 Å². The van der Waals surface area contributed by atoms with Gasteiger partial charge in [0.25, 0.3) is 0 Å². The van der Waals surface area contributed by atoms with Gasteiger partial charge in [-0.05, 0) is 19.4 Å². The number of allylic oxidation sites excluding steroid dienone is 1. The van der Waals surface area contributed by atoms with Gasteiger partial charge < -0.3 is 4.74 Å². The summed E-state index contributed by atoms with van der Waals surface area (Å²) >= 11 is 5.25. The molecule has 0 aliphatic heterocycles. The van der Waals surface area contributed by atoms with E-state index in [1.165, 1.54) is 5.54 Å². The topological polar surface area (TPSA) is 26.3 Å². The lowest BCUT2D eigenvalue weighted by molar-refractivity contribution is -0.143. The van der Waals surface area contributed by atoms with Crippen molar-refractivity contribution >= 4 is 17.6 Å². The van der Waals surface area contributed by atoms with Crippen LogP contribution in [0.2, 0.25) is 0 Å². The van der Waals surface area contributed by atoms with Crippen LogP contribution in [-0.4, -0.2) is 12.6 Å². The zero-order valence-electron chi connectivity index (χ0n) is 7.68. The van der Waals surface area contributed by atoms with Crippen molar-refractivity contribution in [2.45, 2.75) is 26.2 Å². The van der Waals surface area contributed by atoms with Gasteiger partial charge in [0.15, 0.2) is 0 Å². The van der Waals surface area contributed by atoms with Crippen molar-refractivity contribution in [2.75, 3.05) is 6.61 Å². The molecule has 0 heterocycles. The number of ether oxygens (including phenoxy) is 1. The van der Waals surface area contributed by atoms with Crippen molar-refractivity contribution in [3.05, 3.63) is 11.6 Å². The molecule has 0 amide bonds. The van der Waals surface area contributed by atoms with Crippen LogP contribution in [0.3, 0.4) is 0 Å². The molecule has 13 heavy (non-hydrogen) atoms. The molecular formula is C10H13ClO2. The molecule has 0 atom stereocenters. The summed E-state index contributed by atoms with van der Waals surface area (Å²) in [5, 5.41) is 0. The van der Waals surface area contributed by atoms with Gasteiger partial charge in [-0.3, -0.25) is 4.79 Å². The van der Waals surface area contributed by atoms with E-state index in [0.29, 0.717) is 19.4 Å². The molecule has 0 aromatic rings. The fourth-order valence-corrected chi connectivity index (χ4v) is 0.780. The summed E-state index contributed by atoms with van der Waals surface area (Å²) in [4.78, 5) is 10.8. The molecule has 0 aliphatic rings. The van der Waals surface area contributed by atoms with Crippen LogP contribution < -0.4 is 0 Å². The molecule has 0 N–H and O–H groups in total. The Labute approximate surface area is 83.9 Å². The maximum atomic E-state index is 10.8. The van der Waals surface area contributed by atoms with Crippen LogP contribution in [0.4, 0.5) is 0 Å². The van der Waals surface area contributed by atoms with E-state index in [1.54, 1.807) is 13.0 Å². The van der Waals surface area contributed by atoms with Crippen molar-refractivity contribution in [3.8, 4) is 11.8 Å². The van der Waals surface area contributed by atoms with E-state index in [-0.39, 0.29) is 5.97 Å². The Balaban J connectivity index is 3.36. The highest BCUT2D eigenvalue weighted by molar-refractivity contribution is 6.25. The Morgan fingerprint density at radius 3 is 3.00 bits per heavy atom. The van der Waals surface area contributed by atoms with E-state index in [1.807, 2.05) is 0 Å². The lowest BCUT2D eigenvalue weighted by Gasteiger charge is -1.97. The average Bonchev–Trinajstić information content (AvgIpc) is 2.11. The predicted octanol–water partition coefficient (Wildman–Crippen LogP) is 2.48. The maximum absolute atomic E-state index is 10.8. The Morgan fingerprint density at radius 1 is 1.62 bits per heavy atom. The number of hydrogen-bond donors (Lipinski definition) is 0. The van der Waals surface area contributed by atoms with Gasteiger partial charge in [-0.25, -0.2) is 0 Å². The standard InChI is InChI=1S/C10H13ClO2/c1-2-13-10(12)8-6-4-3-5-7-9-11/h7,9H,2,4,6,8H2,1H3/b9-7+. The first-order valence-corrected chi connectivity index (χ1v) is 4.64. The number of carbonyl (C=O) groups excluding carboxylic acids is 1. The first kappa shape index (κ1) is 12.1. The van der Waals surface area contributed by atoms with Crippen LogP contribution in [-0.2, 0) is 9.53 Å².